The molecule has 0 aliphatic carbocycles. The van der Waals surface area contributed by atoms with Crippen molar-refractivity contribution in [2.75, 3.05) is 6.61 Å². The monoisotopic (exact) mass is 800 g/mol. The fourth-order valence-electron chi connectivity index (χ4n) is 7.96. The molecule has 0 heterocycles. The van der Waals surface area contributed by atoms with Crippen molar-refractivity contribution in [1.82, 2.24) is 5.32 Å². The van der Waals surface area contributed by atoms with Gasteiger partial charge in [0, 0.05) is 6.42 Å². The van der Waals surface area contributed by atoms with E-state index in [1.165, 1.54) is 212 Å². The number of carbonyl (C=O) groups is 1. The number of aliphatic hydroxyl groups is 2. The van der Waals surface area contributed by atoms with Crippen LogP contribution < -0.4 is 5.32 Å². The number of hydrogen-bond acceptors (Lipinski definition) is 3. The van der Waals surface area contributed by atoms with Crippen LogP contribution in [0.3, 0.4) is 0 Å². The first kappa shape index (κ1) is 55.6. The molecule has 0 rings (SSSR count). The highest BCUT2D eigenvalue weighted by atomic mass is 16.3. The topological polar surface area (TPSA) is 69.6 Å². The van der Waals surface area contributed by atoms with Crippen LogP contribution >= 0.6 is 0 Å². The van der Waals surface area contributed by atoms with Gasteiger partial charge in [-0.3, -0.25) is 4.79 Å². The number of nitrogens with one attached hydrogen (secondary N) is 1. The van der Waals surface area contributed by atoms with E-state index >= 15 is 0 Å². The van der Waals surface area contributed by atoms with E-state index in [1.807, 2.05) is 0 Å². The first-order valence-corrected chi connectivity index (χ1v) is 25.7. The molecule has 0 bridgehead atoms. The molecule has 0 aromatic heterocycles. The van der Waals surface area contributed by atoms with E-state index in [0.717, 1.165) is 38.5 Å². The summed E-state index contributed by atoms with van der Waals surface area (Å²) in [7, 11) is 0. The number of rotatable bonds is 47. The number of amides is 1. The molecule has 336 valence electrons. The molecular weight excluding hydrogens is 699 g/mol. The third-order valence-electron chi connectivity index (χ3n) is 11.9. The maximum Gasteiger partial charge on any atom is 0.220 e. The number of hydrogen-bond donors (Lipinski definition) is 3. The van der Waals surface area contributed by atoms with Crippen molar-refractivity contribution in [3.8, 4) is 0 Å². The molecule has 0 saturated carbocycles. The molecule has 3 N–H and O–H groups in total. The second-order valence-electron chi connectivity index (χ2n) is 17.6. The largest absolute Gasteiger partial charge is 0.394 e. The predicted molar refractivity (Wildman–Crippen MR) is 253 cm³/mol. The SMILES string of the molecule is CCCCCCC/C=C\C/C=C\C/C=C\CCCCCCCCCCCCCCC(=O)NC(CO)C(O)CCCCCCCCCCCCCCCCCCCC. The third kappa shape index (κ3) is 45.5. The quantitative estimate of drug-likeness (QED) is 0.0424. The Kier molecular flexibility index (Phi) is 47.8. The molecule has 2 atom stereocenters. The number of allylic oxidation sites excluding steroid dienone is 6. The summed E-state index contributed by atoms with van der Waals surface area (Å²) in [5.74, 6) is -0.0310. The van der Waals surface area contributed by atoms with E-state index in [0.29, 0.717) is 12.8 Å². The van der Waals surface area contributed by atoms with Crippen molar-refractivity contribution in [1.29, 1.82) is 0 Å². The first-order chi connectivity index (χ1) is 28.2. The molecule has 4 nitrogen and oxygen atoms in total. The number of carbonyl (C=O) groups excluding carboxylic acids is 1. The fourth-order valence-corrected chi connectivity index (χ4v) is 7.96. The molecule has 0 saturated heterocycles. The van der Waals surface area contributed by atoms with Gasteiger partial charge >= 0.3 is 0 Å². The summed E-state index contributed by atoms with van der Waals surface area (Å²) in [6.07, 6.45) is 65.3. The van der Waals surface area contributed by atoms with Crippen LogP contribution in [0.15, 0.2) is 36.5 Å². The van der Waals surface area contributed by atoms with E-state index in [9.17, 15) is 15.0 Å². The zero-order valence-electron chi connectivity index (χ0n) is 38.6. The lowest BCUT2D eigenvalue weighted by molar-refractivity contribution is -0.123. The molecule has 1 amide bonds. The van der Waals surface area contributed by atoms with Crippen LogP contribution in [-0.2, 0) is 4.79 Å². The molecule has 0 fully saturated rings. The Morgan fingerprint density at radius 2 is 0.719 bits per heavy atom. The van der Waals surface area contributed by atoms with Crippen molar-refractivity contribution in [3.05, 3.63) is 36.5 Å². The summed E-state index contributed by atoms with van der Waals surface area (Å²) >= 11 is 0. The maximum absolute atomic E-state index is 12.5. The van der Waals surface area contributed by atoms with Crippen molar-refractivity contribution in [3.63, 3.8) is 0 Å². The van der Waals surface area contributed by atoms with E-state index < -0.39 is 12.1 Å². The zero-order chi connectivity index (χ0) is 41.4. The third-order valence-corrected chi connectivity index (χ3v) is 11.9. The van der Waals surface area contributed by atoms with Crippen molar-refractivity contribution in [2.24, 2.45) is 0 Å². The summed E-state index contributed by atoms with van der Waals surface area (Å²) in [4.78, 5) is 12.5. The Bertz CT molecular complexity index is 866. The Morgan fingerprint density at radius 1 is 0.421 bits per heavy atom. The Labute approximate surface area is 357 Å². The molecule has 0 aromatic carbocycles. The summed E-state index contributed by atoms with van der Waals surface area (Å²) in [6.45, 7) is 4.37. The van der Waals surface area contributed by atoms with Gasteiger partial charge in [-0.25, -0.2) is 0 Å². The van der Waals surface area contributed by atoms with Gasteiger partial charge in [-0.2, -0.15) is 0 Å². The molecule has 0 radical (unpaired) electrons. The lowest BCUT2D eigenvalue weighted by atomic mass is 10.0. The number of unbranched alkanes of at least 4 members (excludes halogenated alkanes) is 34. The van der Waals surface area contributed by atoms with Gasteiger partial charge in [0.2, 0.25) is 5.91 Å². The minimum atomic E-state index is -0.660. The number of aliphatic hydroxyl groups excluding tert-OH is 2. The van der Waals surface area contributed by atoms with Crippen LogP contribution in [0.4, 0.5) is 0 Å². The van der Waals surface area contributed by atoms with Gasteiger partial charge in [0.15, 0.2) is 0 Å². The van der Waals surface area contributed by atoms with Gasteiger partial charge in [-0.05, 0) is 51.4 Å². The highest BCUT2D eigenvalue weighted by Gasteiger charge is 2.20. The standard InChI is InChI=1S/C53H101NO3/c1-3-5-7-9-11-13-15-17-19-21-23-24-25-26-27-28-29-30-31-33-35-37-39-41-43-45-47-49-53(57)54-51(50-55)52(56)48-46-44-42-40-38-36-34-32-22-20-18-16-14-12-10-8-6-4-2/h15,17,21,23,25-26,51-52,55-56H,3-14,16,18-20,22,24,27-50H2,1-2H3,(H,54,57)/b17-15-,23-21-,26-25-. The van der Waals surface area contributed by atoms with Crippen molar-refractivity contribution in [2.45, 2.75) is 289 Å². The molecule has 4 heteroatoms. The average molecular weight is 800 g/mol. The second-order valence-corrected chi connectivity index (χ2v) is 17.6. The molecule has 0 aliphatic heterocycles. The van der Waals surface area contributed by atoms with Gasteiger partial charge in [-0.1, -0.05) is 256 Å². The lowest BCUT2D eigenvalue weighted by Gasteiger charge is -2.22. The van der Waals surface area contributed by atoms with E-state index in [2.05, 4.69) is 55.6 Å². The summed E-state index contributed by atoms with van der Waals surface area (Å²) in [5.41, 5.74) is 0. The van der Waals surface area contributed by atoms with Crippen LogP contribution in [0.25, 0.3) is 0 Å². The predicted octanol–water partition coefficient (Wildman–Crippen LogP) is 16.5. The first-order valence-electron chi connectivity index (χ1n) is 25.7. The van der Waals surface area contributed by atoms with Gasteiger partial charge in [0.25, 0.3) is 0 Å². The molecular formula is C53H101NO3. The zero-order valence-corrected chi connectivity index (χ0v) is 38.6. The fraction of sp³-hybridized carbons (Fsp3) is 0.868. The van der Waals surface area contributed by atoms with Gasteiger partial charge < -0.3 is 15.5 Å². The van der Waals surface area contributed by atoms with Gasteiger partial charge in [0.1, 0.15) is 0 Å². The maximum atomic E-state index is 12.5. The van der Waals surface area contributed by atoms with Crippen LogP contribution in [0, 0.1) is 0 Å². The molecule has 2 unspecified atom stereocenters. The molecule has 0 spiro atoms. The second kappa shape index (κ2) is 49.0. The van der Waals surface area contributed by atoms with Gasteiger partial charge in [0.05, 0.1) is 18.8 Å². The summed E-state index contributed by atoms with van der Waals surface area (Å²) in [5, 5.41) is 23.3. The van der Waals surface area contributed by atoms with E-state index in [4.69, 9.17) is 0 Å². The summed E-state index contributed by atoms with van der Waals surface area (Å²) < 4.78 is 0. The Morgan fingerprint density at radius 3 is 1.07 bits per heavy atom. The van der Waals surface area contributed by atoms with Crippen molar-refractivity contribution < 1.29 is 15.0 Å². The lowest BCUT2D eigenvalue weighted by Crippen LogP contribution is -2.45. The van der Waals surface area contributed by atoms with Crippen LogP contribution in [0.5, 0.6) is 0 Å². The normalized spacial score (nSPS) is 13.1. The van der Waals surface area contributed by atoms with Crippen LogP contribution in [-0.4, -0.2) is 34.9 Å². The van der Waals surface area contributed by atoms with Crippen molar-refractivity contribution >= 4 is 5.91 Å². The van der Waals surface area contributed by atoms with Crippen LogP contribution in [0.1, 0.15) is 277 Å². The molecule has 57 heavy (non-hydrogen) atoms. The van der Waals surface area contributed by atoms with Crippen LogP contribution in [0.2, 0.25) is 0 Å². The molecule has 0 aliphatic rings. The highest BCUT2D eigenvalue weighted by molar-refractivity contribution is 5.76. The highest BCUT2D eigenvalue weighted by Crippen LogP contribution is 2.17. The Hall–Kier alpha value is -1.39. The summed E-state index contributed by atoms with van der Waals surface area (Å²) in [6, 6.07) is -0.537. The average Bonchev–Trinajstić information content (AvgIpc) is 3.22. The van der Waals surface area contributed by atoms with E-state index in [1.54, 1.807) is 0 Å². The smallest absolute Gasteiger partial charge is 0.220 e. The molecule has 0 aromatic rings. The minimum Gasteiger partial charge on any atom is -0.394 e. The van der Waals surface area contributed by atoms with E-state index in [-0.39, 0.29) is 12.5 Å². The Balaban J connectivity index is 3.48. The van der Waals surface area contributed by atoms with Gasteiger partial charge in [-0.15, -0.1) is 0 Å². The minimum absolute atomic E-state index is 0.0310.